The number of hydrogen-bond donors (Lipinski definition) is 1. The van der Waals surface area contributed by atoms with Gasteiger partial charge in [-0.05, 0) is 38.4 Å². The smallest absolute Gasteiger partial charge is 0.146 e. The van der Waals surface area contributed by atoms with Crippen LogP contribution in [0.3, 0.4) is 0 Å². The van der Waals surface area contributed by atoms with Gasteiger partial charge in [-0.3, -0.25) is 0 Å². The van der Waals surface area contributed by atoms with Gasteiger partial charge in [-0.2, -0.15) is 5.10 Å². The molecule has 5 nitrogen and oxygen atoms in total. The average Bonchev–Trinajstić information content (AvgIpc) is 3.07. The fourth-order valence-electron chi connectivity index (χ4n) is 2.39. The van der Waals surface area contributed by atoms with Crippen LogP contribution in [0, 0.1) is 0 Å². The minimum atomic E-state index is 0.354. The van der Waals surface area contributed by atoms with Crippen LogP contribution < -0.4 is 5.32 Å². The summed E-state index contributed by atoms with van der Waals surface area (Å²) in [6, 6.07) is 4.63. The molecule has 0 aliphatic heterocycles. The quantitative estimate of drug-likeness (QED) is 0.805. The van der Waals surface area contributed by atoms with Gasteiger partial charge in [-0.15, -0.1) is 0 Å². The Morgan fingerprint density at radius 1 is 1.30 bits per heavy atom. The normalized spacial score (nSPS) is 12.8. The first-order chi connectivity index (χ1) is 9.76. The molecule has 0 aliphatic carbocycles. The summed E-state index contributed by atoms with van der Waals surface area (Å²) in [5, 5.41) is 7.82. The van der Waals surface area contributed by atoms with E-state index in [9.17, 15) is 0 Å². The molecule has 0 saturated heterocycles. The molecule has 0 fully saturated rings. The van der Waals surface area contributed by atoms with Gasteiger partial charge in [0.15, 0.2) is 0 Å². The molecule has 20 heavy (non-hydrogen) atoms. The van der Waals surface area contributed by atoms with E-state index in [1.807, 2.05) is 4.68 Å². The van der Waals surface area contributed by atoms with E-state index in [0.717, 1.165) is 38.3 Å². The second-order valence-corrected chi connectivity index (χ2v) is 5.14. The Hall–Kier alpha value is -1.62. The van der Waals surface area contributed by atoms with Crippen LogP contribution in [-0.4, -0.2) is 25.9 Å². The van der Waals surface area contributed by atoms with Crippen molar-refractivity contribution in [3.8, 4) is 0 Å². The maximum atomic E-state index is 4.38. The first-order valence-electron chi connectivity index (χ1n) is 7.51. The molecule has 0 aromatic carbocycles. The van der Waals surface area contributed by atoms with Gasteiger partial charge in [0.05, 0.1) is 6.54 Å². The molecule has 2 heterocycles. The molecular weight excluding hydrogens is 250 g/mol. The molecule has 0 bridgehead atoms. The molecule has 0 amide bonds. The lowest BCUT2D eigenvalue weighted by atomic mass is 10.2. The van der Waals surface area contributed by atoms with Crippen LogP contribution in [0.2, 0.25) is 0 Å². The summed E-state index contributed by atoms with van der Waals surface area (Å²) in [6.45, 7) is 9.29. The molecule has 2 aromatic rings. The summed E-state index contributed by atoms with van der Waals surface area (Å²) in [5.74, 6) is 1.02. The van der Waals surface area contributed by atoms with Gasteiger partial charge in [0.1, 0.15) is 12.2 Å². The van der Waals surface area contributed by atoms with E-state index in [4.69, 9.17) is 0 Å². The number of nitrogens with one attached hydrogen (secondary N) is 1. The molecule has 5 heteroatoms. The van der Waals surface area contributed by atoms with Crippen molar-refractivity contribution in [1.29, 1.82) is 0 Å². The van der Waals surface area contributed by atoms with Gasteiger partial charge < -0.3 is 9.88 Å². The summed E-state index contributed by atoms with van der Waals surface area (Å²) in [6.07, 6.45) is 5.98. The van der Waals surface area contributed by atoms with Crippen molar-refractivity contribution in [2.24, 2.45) is 0 Å². The summed E-state index contributed by atoms with van der Waals surface area (Å²) < 4.78 is 4.25. The lowest BCUT2D eigenvalue weighted by Crippen LogP contribution is -2.22. The van der Waals surface area contributed by atoms with Crippen molar-refractivity contribution in [2.45, 2.75) is 52.7 Å². The second kappa shape index (κ2) is 7.24. The van der Waals surface area contributed by atoms with Crippen LogP contribution in [0.1, 0.15) is 51.2 Å². The third kappa shape index (κ3) is 3.48. The van der Waals surface area contributed by atoms with E-state index in [2.05, 4.69) is 59.1 Å². The van der Waals surface area contributed by atoms with E-state index < -0.39 is 0 Å². The minimum absolute atomic E-state index is 0.354. The Labute approximate surface area is 121 Å². The third-order valence-corrected chi connectivity index (χ3v) is 3.45. The highest BCUT2D eigenvalue weighted by atomic mass is 15.3. The van der Waals surface area contributed by atoms with Crippen molar-refractivity contribution in [2.75, 3.05) is 6.54 Å². The highest BCUT2D eigenvalue weighted by Crippen LogP contribution is 2.15. The third-order valence-electron chi connectivity index (χ3n) is 3.45. The van der Waals surface area contributed by atoms with E-state index in [1.165, 1.54) is 5.69 Å². The maximum absolute atomic E-state index is 4.38. The van der Waals surface area contributed by atoms with E-state index in [1.54, 1.807) is 6.33 Å². The molecule has 110 valence electrons. The zero-order valence-electron chi connectivity index (χ0n) is 12.7. The summed E-state index contributed by atoms with van der Waals surface area (Å²) in [5.41, 5.74) is 1.30. The highest BCUT2D eigenvalue weighted by Gasteiger charge is 2.11. The van der Waals surface area contributed by atoms with E-state index in [0.29, 0.717) is 6.04 Å². The second-order valence-electron chi connectivity index (χ2n) is 5.14. The highest BCUT2D eigenvalue weighted by molar-refractivity contribution is 5.12. The van der Waals surface area contributed by atoms with Crippen molar-refractivity contribution in [3.05, 3.63) is 36.2 Å². The molecule has 2 rings (SSSR count). The van der Waals surface area contributed by atoms with Gasteiger partial charge in [0.25, 0.3) is 0 Å². The number of aromatic nitrogens is 4. The van der Waals surface area contributed by atoms with E-state index >= 15 is 0 Å². The standard InChI is InChI=1S/C15H25N5/c1-4-8-16-13(3)14-7-6-10-19(14)11-15-17-12-18-20(15)9-5-2/h6-7,10,12-13,16H,4-5,8-9,11H2,1-3H3. The molecule has 0 aliphatic rings. The Morgan fingerprint density at radius 3 is 2.90 bits per heavy atom. The molecular formula is C15H25N5. The zero-order chi connectivity index (χ0) is 14.4. The topological polar surface area (TPSA) is 47.7 Å². The Bertz CT molecular complexity index is 514. The van der Waals surface area contributed by atoms with Crippen LogP contribution in [0.5, 0.6) is 0 Å². The predicted molar refractivity (Wildman–Crippen MR) is 80.6 cm³/mol. The fourth-order valence-corrected chi connectivity index (χ4v) is 2.39. The predicted octanol–water partition coefficient (Wildman–Crippen LogP) is 2.60. The van der Waals surface area contributed by atoms with Crippen molar-refractivity contribution in [3.63, 3.8) is 0 Å². The van der Waals surface area contributed by atoms with Crippen LogP contribution in [0.15, 0.2) is 24.7 Å². The zero-order valence-corrected chi connectivity index (χ0v) is 12.7. The molecule has 2 aromatic heterocycles. The first-order valence-corrected chi connectivity index (χ1v) is 7.51. The van der Waals surface area contributed by atoms with Crippen molar-refractivity contribution < 1.29 is 0 Å². The number of hydrogen-bond acceptors (Lipinski definition) is 3. The van der Waals surface area contributed by atoms with Gasteiger partial charge in [0.2, 0.25) is 0 Å². The van der Waals surface area contributed by atoms with Crippen LogP contribution in [0.25, 0.3) is 0 Å². The van der Waals surface area contributed by atoms with Gasteiger partial charge in [0, 0.05) is 24.5 Å². The SMILES string of the molecule is CCCNC(C)c1cccn1Cc1ncnn1CCC. The molecule has 1 unspecified atom stereocenters. The first kappa shape index (κ1) is 14.8. The van der Waals surface area contributed by atoms with Gasteiger partial charge >= 0.3 is 0 Å². The number of aryl methyl sites for hydroxylation is 1. The average molecular weight is 275 g/mol. The molecule has 0 spiro atoms. The lowest BCUT2D eigenvalue weighted by molar-refractivity contribution is 0.514. The summed E-state index contributed by atoms with van der Waals surface area (Å²) >= 11 is 0. The van der Waals surface area contributed by atoms with Crippen LogP contribution in [0.4, 0.5) is 0 Å². The number of nitrogens with zero attached hydrogens (tertiary/aromatic N) is 4. The lowest BCUT2D eigenvalue weighted by Gasteiger charge is -2.17. The number of rotatable bonds is 8. The van der Waals surface area contributed by atoms with Gasteiger partial charge in [-0.25, -0.2) is 9.67 Å². The van der Waals surface area contributed by atoms with Crippen molar-refractivity contribution >= 4 is 0 Å². The molecule has 0 radical (unpaired) electrons. The van der Waals surface area contributed by atoms with E-state index in [-0.39, 0.29) is 0 Å². The molecule has 0 saturated carbocycles. The fraction of sp³-hybridized carbons (Fsp3) is 0.600. The monoisotopic (exact) mass is 275 g/mol. The molecule has 1 N–H and O–H groups in total. The largest absolute Gasteiger partial charge is 0.342 e. The minimum Gasteiger partial charge on any atom is -0.342 e. The Morgan fingerprint density at radius 2 is 2.15 bits per heavy atom. The van der Waals surface area contributed by atoms with Gasteiger partial charge in [-0.1, -0.05) is 13.8 Å². The summed E-state index contributed by atoms with van der Waals surface area (Å²) in [7, 11) is 0. The Kier molecular flexibility index (Phi) is 5.35. The molecule has 1 atom stereocenters. The van der Waals surface area contributed by atoms with Crippen molar-refractivity contribution in [1.82, 2.24) is 24.6 Å². The Balaban J connectivity index is 2.10. The van der Waals surface area contributed by atoms with Crippen LogP contribution >= 0.6 is 0 Å². The summed E-state index contributed by atoms with van der Waals surface area (Å²) in [4.78, 5) is 4.38. The van der Waals surface area contributed by atoms with Crippen LogP contribution in [-0.2, 0) is 13.1 Å². The maximum Gasteiger partial charge on any atom is 0.146 e.